The molecule has 7 heteroatoms. The number of anilines is 1. The lowest BCUT2D eigenvalue weighted by Gasteiger charge is -2.22. The van der Waals surface area contributed by atoms with Crippen LogP contribution in [0, 0.1) is 10.1 Å². The van der Waals surface area contributed by atoms with Crippen LogP contribution in [0.1, 0.15) is 25.7 Å². The van der Waals surface area contributed by atoms with E-state index in [0.717, 1.165) is 12.8 Å². The van der Waals surface area contributed by atoms with E-state index in [2.05, 4.69) is 5.32 Å². The van der Waals surface area contributed by atoms with Gasteiger partial charge in [0.1, 0.15) is 5.69 Å². The minimum absolute atomic E-state index is 0.0826. The predicted octanol–water partition coefficient (Wildman–Crippen LogP) is 2.46. The Balaban J connectivity index is 2.25. The highest BCUT2D eigenvalue weighted by molar-refractivity contribution is 6.31. The van der Waals surface area contributed by atoms with Crippen LogP contribution < -0.4 is 11.1 Å². The van der Waals surface area contributed by atoms with Gasteiger partial charge in [0.05, 0.1) is 10.5 Å². The lowest BCUT2D eigenvalue weighted by Crippen LogP contribution is -2.48. The van der Waals surface area contributed by atoms with Gasteiger partial charge in [0, 0.05) is 11.1 Å². The average Bonchev–Trinajstić information content (AvgIpc) is 2.77. The number of carbonyl (C=O) groups is 1. The Morgan fingerprint density at radius 2 is 2.05 bits per heavy atom. The smallest absolute Gasteiger partial charge is 0.292 e. The third-order valence-corrected chi connectivity index (χ3v) is 3.59. The molecule has 0 aromatic heterocycles. The molecular formula is C12H14ClN3O3. The van der Waals surface area contributed by atoms with Crippen LogP contribution in [0.15, 0.2) is 18.2 Å². The second-order valence-corrected chi connectivity index (χ2v) is 5.17. The van der Waals surface area contributed by atoms with Gasteiger partial charge >= 0.3 is 0 Å². The third kappa shape index (κ3) is 2.85. The number of nitrogens with one attached hydrogen (secondary N) is 1. The summed E-state index contributed by atoms with van der Waals surface area (Å²) >= 11 is 5.79. The van der Waals surface area contributed by atoms with Crippen molar-refractivity contribution in [3.8, 4) is 0 Å². The first kappa shape index (κ1) is 13.8. The van der Waals surface area contributed by atoms with Crippen molar-refractivity contribution in [3.05, 3.63) is 33.3 Å². The van der Waals surface area contributed by atoms with E-state index in [9.17, 15) is 14.9 Å². The Hall–Kier alpha value is -1.66. The monoisotopic (exact) mass is 283 g/mol. The fourth-order valence-corrected chi connectivity index (χ4v) is 2.42. The molecule has 0 aliphatic heterocycles. The van der Waals surface area contributed by atoms with Gasteiger partial charge in [0.25, 0.3) is 5.69 Å². The zero-order valence-electron chi connectivity index (χ0n) is 10.2. The number of nitro groups is 1. The lowest BCUT2D eigenvalue weighted by molar-refractivity contribution is -0.383. The van der Waals surface area contributed by atoms with Crippen LogP contribution in [-0.4, -0.2) is 16.4 Å². The Labute approximate surface area is 115 Å². The van der Waals surface area contributed by atoms with Crippen molar-refractivity contribution in [1.29, 1.82) is 0 Å². The Bertz CT molecular complexity index is 527. The molecule has 0 atom stereocenters. The third-order valence-electron chi connectivity index (χ3n) is 3.35. The predicted molar refractivity (Wildman–Crippen MR) is 72.1 cm³/mol. The second-order valence-electron chi connectivity index (χ2n) is 4.74. The van der Waals surface area contributed by atoms with Crippen LogP contribution in [-0.2, 0) is 4.79 Å². The van der Waals surface area contributed by atoms with Crippen molar-refractivity contribution in [1.82, 2.24) is 0 Å². The highest BCUT2D eigenvalue weighted by Gasteiger charge is 2.37. The molecule has 1 fully saturated rings. The summed E-state index contributed by atoms with van der Waals surface area (Å²) in [5.74, 6) is -0.393. The molecule has 19 heavy (non-hydrogen) atoms. The topological polar surface area (TPSA) is 98.3 Å². The van der Waals surface area contributed by atoms with Gasteiger partial charge in [-0.3, -0.25) is 14.9 Å². The molecule has 0 saturated heterocycles. The van der Waals surface area contributed by atoms with E-state index in [0.29, 0.717) is 17.9 Å². The van der Waals surface area contributed by atoms with Gasteiger partial charge in [-0.05, 0) is 25.0 Å². The van der Waals surface area contributed by atoms with Crippen molar-refractivity contribution < 1.29 is 9.72 Å². The van der Waals surface area contributed by atoms with E-state index >= 15 is 0 Å². The normalized spacial score (nSPS) is 17.2. The van der Waals surface area contributed by atoms with Gasteiger partial charge in [0.15, 0.2) is 0 Å². The SMILES string of the molecule is NC1(C(=O)Nc2cc(Cl)ccc2[N+](=O)[O-])CCCC1. The van der Waals surface area contributed by atoms with Crippen LogP contribution >= 0.6 is 11.6 Å². The summed E-state index contributed by atoms with van der Waals surface area (Å²) in [6.07, 6.45) is 2.96. The Kier molecular flexibility index (Phi) is 3.73. The first-order valence-electron chi connectivity index (χ1n) is 5.97. The van der Waals surface area contributed by atoms with Gasteiger partial charge in [-0.15, -0.1) is 0 Å². The van der Waals surface area contributed by atoms with Gasteiger partial charge in [-0.25, -0.2) is 0 Å². The Morgan fingerprint density at radius 3 is 2.63 bits per heavy atom. The summed E-state index contributed by atoms with van der Waals surface area (Å²) in [5, 5.41) is 13.7. The molecule has 0 radical (unpaired) electrons. The van der Waals surface area contributed by atoms with Crippen molar-refractivity contribution in [2.24, 2.45) is 5.73 Å². The number of hydrogen-bond acceptors (Lipinski definition) is 4. The standard InChI is InChI=1S/C12H14ClN3O3/c13-8-3-4-10(16(18)19)9(7-8)15-11(17)12(14)5-1-2-6-12/h3-4,7H,1-2,5-6,14H2,(H,15,17). The summed E-state index contributed by atoms with van der Waals surface area (Å²) < 4.78 is 0. The average molecular weight is 284 g/mol. The minimum Gasteiger partial charge on any atom is -0.319 e. The molecule has 1 aromatic carbocycles. The number of carbonyl (C=O) groups excluding carboxylic acids is 1. The van der Waals surface area contributed by atoms with E-state index in [1.54, 1.807) is 0 Å². The molecule has 2 rings (SSSR count). The highest BCUT2D eigenvalue weighted by Crippen LogP contribution is 2.32. The van der Waals surface area contributed by atoms with Crippen LogP contribution in [0.25, 0.3) is 0 Å². The van der Waals surface area contributed by atoms with E-state index in [-0.39, 0.29) is 11.4 Å². The van der Waals surface area contributed by atoms with Crippen molar-refractivity contribution >= 4 is 28.9 Å². The maximum atomic E-state index is 12.1. The van der Waals surface area contributed by atoms with E-state index < -0.39 is 16.4 Å². The molecule has 1 aromatic rings. The van der Waals surface area contributed by atoms with Crippen LogP contribution in [0.4, 0.5) is 11.4 Å². The maximum Gasteiger partial charge on any atom is 0.292 e. The summed E-state index contributed by atoms with van der Waals surface area (Å²) in [6, 6.07) is 4.02. The van der Waals surface area contributed by atoms with Crippen molar-refractivity contribution in [2.45, 2.75) is 31.2 Å². The molecule has 1 aliphatic carbocycles. The molecular weight excluding hydrogens is 270 g/mol. The molecule has 0 heterocycles. The van der Waals surface area contributed by atoms with Gasteiger partial charge in [0.2, 0.25) is 5.91 Å². The van der Waals surface area contributed by atoms with E-state index in [1.165, 1.54) is 18.2 Å². The molecule has 0 unspecified atom stereocenters. The van der Waals surface area contributed by atoms with Crippen molar-refractivity contribution in [3.63, 3.8) is 0 Å². The molecule has 0 bridgehead atoms. The van der Waals surface area contributed by atoms with Crippen LogP contribution in [0.5, 0.6) is 0 Å². The summed E-state index contributed by atoms with van der Waals surface area (Å²) in [5.41, 5.74) is 4.95. The summed E-state index contributed by atoms with van der Waals surface area (Å²) in [7, 11) is 0. The van der Waals surface area contributed by atoms with E-state index in [4.69, 9.17) is 17.3 Å². The second kappa shape index (κ2) is 5.14. The fraction of sp³-hybridized carbons (Fsp3) is 0.417. The maximum absolute atomic E-state index is 12.1. The Morgan fingerprint density at radius 1 is 1.42 bits per heavy atom. The first-order valence-corrected chi connectivity index (χ1v) is 6.34. The number of halogens is 1. The molecule has 1 saturated carbocycles. The zero-order valence-corrected chi connectivity index (χ0v) is 10.9. The van der Waals surface area contributed by atoms with Gasteiger partial charge < -0.3 is 11.1 Å². The quantitative estimate of drug-likeness (QED) is 0.657. The number of rotatable bonds is 3. The zero-order chi connectivity index (χ0) is 14.0. The highest BCUT2D eigenvalue weighted by atomic mass is 35.5. The van der Waals surface area contributed by atoms with Crippen molar-refractivity contribution in [2.75, 3.05) is 5.32 Å². The fourth-order valence-electron chi connectivity index (χ4n) is 2.25. The summed E-state index contributed by atoms with van der Waals surface area (Å²) in [6.45, 7) is 0. The minimum atomic E-state index is -0.934. The number of nitrogens with two attached hydrogens (primary N) is 1. The molecule has 1 aliphatic rings. The van der Waals surface area contributed by atoms with Gasteiger partial charge in [-0.1, -0.05) is 24.4 Å². The molecule has 1 amide bonds. The lowest BCUT2D eigenvalue weighted by atomic mass is 9.98. The van der Waals surface area contributed by atoms with E-state index in [1.807, 2.05) is 0 Å². The number of nitro benzene ring substituents is 1. The molecule has 102 valence electrons. The van der Waals surface area contributed by atoms with Crippen LogP contribution in [0.2, 0.25) is 5.02 Å². The number of nitrogens with zero attached hydrogens (tertiary/aromatic N) is 1. The molecule has 0 spiro atoms. The van der Waals surface area contributed by atoms with Crippen LogP contribution in [0.3, 0.4) is 0 Å². The number of amides is 1. The first-order chi connectivity index (χ1) is 8.92. The summed E-state index contributed by atoms with van der Waals surface area (Å²) in [4.78, 5) is 22.5. The number of benzene rings is 1. The molecule has 3 N–H and O–H groups in total. The number of hydrogen-bond donors (Lipinski definition) is 2. The van der Waals surface area contributed by atoms with Gasteiger partial charge in [-0.2, -0.15) is 0 Å². The largest absolute Gasteiger partial charge is 0.319 e. The molecule has 6 nitrogen and oxygen atoms in total.